The summed E-state index contributed by atoms with van der Waals surface area (Å²) in [6, 6.07) is 0. The van der Waals surface area contributed by atoms with E-state index in [0.717, 1.165) is 12.2 Å². The molecular formula is C12H21N5O. The van der Waals surface area contributed by atoms with Gasteiger partial charge in [-0.25, -0.2) is 0 Å². The minimum absolute atomic E-state index is 0.0198. The fourth-order valence-electron chi connectivity index (χ4n) is 2.16. The lowest BCUT2D eigenvalue weighted by Gasteiger charge is -2.45. The van der Waals surface area contributed by atoms with Gasteiger partial charge in [0.25, 0.3) is 5.91 Å². The molecule has 1 amide bonds. The minimum Gasteiger partial charge on any atom is -0.395 e. The summed E-state index contributed by atoms with van der Waals surface area (Å²) in [4.78, 5) is 16.5. The van der Waals surface area contributed by atoms with Crippen molar-refractivity contribution in [1.29, 1.82) is 0 Å². The van der Waals surface area contributed by atoms with E-state index in [1.54, 1.807) is 0 Å². The molecule has 0 unspecified atom stereocenters. The number of nitrogens with two attached hydrogens (primary N) is 1. The summed E-state index contributed by atoms with van der Waals surface area (Å²) in [6.45, 7) is 8.34. The molecule has 1 saturated heterocycles. The first-order chi connectivity index (χ1) is 8.33. The van der Waals surface area contributed by atoms with Crippen molar-refractivity contribution >= 4 is 11.6 Å². The van der Waals surface area contributed by atoms with Gasteiger partial charge in [-0.05, 0) is 27.8 Å². The number of aryl methyl sites for hydroxylation is 1. The number of aromatic amines is 1. The number of amides is 1. The Morgan fingerprint density at radius 1 is 1.44 bits per heavy atom. The number of nitrogen functional groups attached to an aromatic ring is 1. The van der Waals surface area contributed by atoms with Gasteiger partial charge in [-0.15, -0.1) is 0 Å². The van der Waals surface area contributed by atoms with Crippen molar-refractivity contribution in [1.82, 2.24) is 20.0 Å². The number of aromatic nitrogens is 2. The van der Waals surface area contributed by atoms with E-state index in [0.29, 0.717) is 24.5 Å². The average Bonchev–Trinajstić information content (AvgIpc) is 2.63. The first-order valence-corrected chi connectivity index (χ1v) is 6.14. The molecule has 0 aliphatic carbocycles. The molecule has 1 fully saturated rings. The third-order valence-corrected chi connectivity index (χ3v) is 3.80. The molecule has 0 radical (unpaired) electrons. The van der Waals surface area contributed by atoms with Gasteiger partial charge >= 0.3 is 0 Å². The maximum Gasteiger partial charge on any atom is 0.276 e. The van der Waals surface area contributed by atoms with Crippen LogP contribution in [0.5, 0.6) is 0 Å². The highest BCUT2D eigenvalue weighted by atomic mass is 16.2. The van der Waals surface area contributed by atoms with Gasteiger partial charge in [0.05, 0.1) is 11.4 Å². The summed E-state index contributed by atoms with van der Waals surface area (Å²) in [6.07, 6.45) is 0. The molecule has 0 spiro atoms. The molecule has 0 aromatic carbocycles. The van der Waals surface area contributed by atoms with E-state index in [9.17, 15) is 4.79 Å². The quantitative estimate of drug-likeness (QED) is 0.760. The second-order valence-electron chi connectivity index (χ2n) is 5.57. The predicted molar refractivity (Wildman–Crippen MR) is 70.3 cm³/mol. The van der Waals surface area contributed by atoms with E-state index in [4.69, 9.17) is 5.73 Å². The fraction of sp³-hybridized carbons (Fsp3) is 0.667. The molecule has 2 heterocycles. The van der Waals surface area contributed by atoms with Crippen LogP contribution < -0.4 is 5.73 Å². The van der Waals surface area contributed by atoms with E-state index >= 15 is 0 Å². The SMILES string of the molecule is Cc1[nH]nc(C(=O)N2CCN(C)C(C)(C)C2)c1N. The van der Waals surface area contributed by atoms with Gasteiger partial charge in [0.1, 0.15) is 0 Å². The van der Waals surface area contributed by atoms with Crippen molar-refractivity contribution in [3.05, 3.63) is 11.4 Å². The third kappa shape index (κ3) is 2.08. The van der Waals surface area contributed by atoms with Crippen molar-refractivity contribution in [2.45, 2.75) is 26.3 Å². The van der Waals surface area contributed by atoms with Gasteiger partial charge in [0.2, 0.25) is 0 Å². The molecule has 1 aliphatic heterocycles. The Balaban J connectivity index is 2.18. The zero-order valence-corrected chi connectivity index (χ0v) is 11.4. The van der Waals surface area contributed by atoms with Crippen LogP contribution in [-0.2, 0) is 0 Å². The molecule has 1 aromatic heterocycles. The van der Waals surface area contributed by atoms with E-state index in [-0.39, 0.29) is 11.4 Å². The summed E-state index contributed by atoms with van der Waals surface area (Å²) in [7, 11) is 2.08. The molecule has 3 N–H and O–H groups in total. The van der Waals surface area contributed by atoms with Crippen LogP contribution >= 0.6 is 0 Å². The van der Waals surface area contributed by atoms with E-state index in [1.165, 1.54) is 0 Å². The number of rotatable bonds is 1. The number of nitrogens with zero attached hydrogens (tertiary/aromatic N) is 3. The number of nitrogens with one attached hydrogen (secondary N) is 1. The van der Waals surface area contributed by atoms with Crippen LogP contribution in [0.25, 0.3) is 0 Å². The van der Waals surface area contributed by atoms with Crippen LogP contribution in [0.3, 0.4) is 0 Å². The van der Waals surface area contributed by atoms with Gasteiger partial charge in [-0.3, -0.25) is 14.8 Å². The molecule has 0 atom stereocenters. The molecule has 1 aliphatic rings. The second kappa shape index (κ2) is 4.28. The number of hydrogen-bond acceptors (Lipinski definition) is 4. The Morgan fingerprint density at radius 2 is 2.11 bits per heavy atom. The monoisotopic (exact) mass is 251 g/mol. The van der Waals surface area contributed by atoms with E-state index in [1.807, 2.05) is 11.8 Å². The topological polar surface area (TPSA) is 78.2 Å². The number of hydrogen-bond donors (Lipinski definition) is 2. The molecule has 0 saturated carbocycles. The van der Waals surface area contributed by atoms with Gasteiger partial charge in [-0.1, -0.05) is 0 Å². The van der Waals surface area contributed by atoms with Crippen LogP contribution in [0.15, 0.2) is 0 Å². The number of likely N-dealkylation sites (N-methyl/N-ethyl adjacent to an activating group) is 1. The van der Waals surface area contributed by atoms with E-state index in [2.05, 4.69) is 36.0 Å². The average molecular weight is 251 g/mol. The minimum atomic E-state index is -0.0852. The Morgan fingerprint density at radius 3 is 2.61 bits per heavy atom. The van der Waals surface area contributed by atoms with Crippen LogP contribution in [-0.4, -0.2) is 58.1 Å². The van der Waals surface area contributed by atoms with E-state index < -0.39 is 0 Å². The number of anilines is 1. The number of piperazine rings is 1. The molecule has 100 valence electrons. The summed E-state index contributed by atoms with van der Waals surface area (Å²) < 4.78 is 0. The molecule has 18 heavy (non-hydrogen) atoms. The van der Waals surface area contributed by atoms with Crippen molar-refractivity contribution in [2.75, 3.05) is 32.4 Å². The first kappa shape index (κ1) is 12.9. The van der Waals surface area contributed by atoms with Gasteiger partial charge in [-0.2, -0.15) is 5.10 Å². The van der Waals surface area contributed by atoms with Crippen LogP contribution in [0, 0.1) is 6.92 Å². The van der Waals surface area contributed by atoms with Crippen molar-refractivity contribution in [2.24, 2.45) is 0 Å². The molecule has 6 nitrogen and oxygen atoms in total. The van der Waals surface area contributed by atoms with Crippen molar-refractivity contribution < 1.29 is 4.79 Å². The lowest BCUT2D eigenvalue weighted by molar-refractivity contribution is 0.0308. The Kier molecular flexibility index (Phi) is 3.06. The van der Waals surface area contributed by atoms with Gasteiger partial charge < -0.3 is 10.6 Å². The maximum absolute atomic E-state index is 12.4. The Hall–Kier alpha value is -1.56. The van der Waals surface area contributed by atoms with Gasteiger partial charge in [0, 0.05) is 25.2 Å². The molecular weight excluding hydrogens is 230 g/mol. The summed E-state index contributed by atoms with van der Waals surface area (Å²) in [5.41, 5.74) is 7.37. The number of carbonyl (C=O) groups excluding carboxylic acids is 1. The molecule has 6 heteroatoms. The standard InChI is InChI=1S/C12H21N5O/c1-8-9(13)10(15-14-8)11(18)17-6-5-16(4)12(2,3)7-17/h5-7,13H2,1-4H3,(H,14,15). The molecule has 0 bridgehead atoms. The third-order valence-electron chi connectivity index (χ3n) is 3.80. The van der Waals surface area contributed by atoms with Crippen molar-refractivity contribution in [3.8, 4) is 0 Å². The highest BCUT2D eigenvalue weighted by molar-refractivity contribution is 5.97. The van der Waals surface area contributed by atoms with Crippen LogP contribution in [0.4, 0.5) is 5.69 Å². The number of carbonyl (C=O) groups is 1. The highest BCUT2D eigenvalue weighted by Gasteiger charge is 2.34. The lowest BCUT2D eigenvalue weighted by atomic mass is 9.99. The summed E-state index contributed by atoms with van der Waals surface area (Å²) >= 11 is 0. The fourth-order valence-corrected chi connectivity index (χ4v) is 2.16. The predicted octanol–water partition coefficient (Wildman–Crippen LogP) is 0.467. The van der Waals surface area contributed by atoms with Gasteiger partial charge in [0.15, 0.2) is 5.69 Å². The highest BCUT2D eigenvalue weighted by Crippen LogP contribution is 2.22. The Labute approximate surface area is 107 Å². The summed E-state index contributed by atoms with van der Waals surface area (Å²) in [5, 5.41) is 6.76. The normalized spacial score (nSPS) is 20.1. The van der Waals surface area contributed by atoms with Crippen molar-refractivity contribution in [3.63, 3.8) is 0 Å². The summed E-state index contributed by atoms with van der Waals surface area (Å²) in [5.74, 6) is -0.0852. The van der Waals surface area contributed by atoms with Crippen LogP contribution in [0.2, 0.25) is 0 Å². The zero-order chi connectivity index (χ0) is 13.5. The largest absolute Gasteiger partial charge is 0.395 e. The zero-order valence-electron chi connectivity index (χ0n) is 11.4. The smallest absolute Gasteiger partial charge is 0.276 e. The lowest BCUT2D eigenvalue weighted by Crippen LogP contribution is -2.58. The molecule has 1 aromatic rings. The molecule has 2 rings (SSSR count). The Bertz CT molecular complexity index is 465. The van der Waals surface area contributed by atoms with Crippen LogP contribution in [0.1, 0.15) is 30.0 Å². The second-order valence-corrected chi connectivity index (χ2v) is 5.57. The maximum atomic E-state index is 12.4. The number of H-pyrrole nitrogens is 1. The first-order valence-electron chi connectivity index (χ1n) is 6.14.